The highest BCUT2D eigenvalue weighted by Crippen LogP contribution is 2.15. The van der Waals surface area contributed by atoms with Crippen molar-refractivity contribution in [2.75, 3.05) is 0 Å². The van der Waals surface area contributed by atoms with Crippen molar-refractivity contribution in [2.45, 2.75) is 13.0 Å². The van der Waals surface area contributed by atoms with Gasteiger partial charge in [0.1, 0.15) is 0 Å². The van der Waals surface area contributed by atoms with Gasteiger partial charge in [-0.05, 0) is 40.9 Å². The molecule has 0 unspecified atom stereocenters. The maximum absolute atomic E-state index is 12.5. The van der Waals surface area contributed by atoms with Crippen molar-refractivity contribution in [1.29, 1.82) is 0 Å². The van der Waals surface area contributed by atoms with E-state index in [1.54, 1.807) is 12.1 Å². The third kappa shape index (κ3) is 2.80. The third-order valence-electron chi connectivity index (χ3n) is 4.33. The molecule has 0 amide bonds. The lowest BCUT2D eigenvalue weighted by Gasteiger charge is -2.06. The first-order chi connectivity index (χ1) is 11.7. The Kier molecular flexibility index (Phi) is 3.80. The standard InChI is InChI=1S/C19H16BNO3/c22-19(15-5-6-16-13-24-20(23)18(16)12-15)11-14-3-7-17(8-4-14)21-9-1-2-10-21/h1-10,12,23H,11,13H2. The number of rotatable bonds is 4. The van der Waals surface area contributed by atoms with Crippen LogP contribution in [0.5, 0.6) is 0 Å². The normalized spacial score (nSPS) is 13.1. The van der Waals surface area contributed by atoms with Gasteiger partial charge < -0.3 is 14.2 Å². The topological polar surface area (TPSA) is 51.5 Å². The van der Waals surface area contributed by atoms with Gasteiger partial charge in [-0.2, -0.15) is 0 Å². The maximum atomic E-state index is 12.5. The van der Waals surface area contributed by atoms with E-state index >= 15 is 0 Å². The Balaban J connectivity index is 1.51. The van der Waals surface area contributed by atoms with E-state index in [4.69, 9.17) is 4.65 Å². The molecule has 1 aliphatic heterocycles. The van der Waals surface area contributed by atoms with Crippen molar-refractivity contribution in [3.8, 4) is 5.69 Å². The van der Waals surface area contributed by atoms with Crippen molar-refractivity contribution in [2.24, 2.45) is 0 Å². The molecule has 1 N–H and O–H groups in total. The fourth-order valence-corrected chi connectivity index (χ4v) is 2.97. The molecule has 0 saturated carbocycles. The smallest absolute Gasteiger partial charge is 0.423 e. The van der Waals surface area contributed by atoms with E-state index in [9.17, 15) is 9.82 Å². The van der Waals surface area contributed by atoms with Crippen molar-refractivity contribution < 1.29 is 14.5 Å². The average molecular weight is 317 g/mol. The minimum absolute atomic E-state index is 0.0330. The molecule has 2 heterocycles. The number of carbonyl (C=O) groups is 1. The average Bonchev–Trinajstić information content (AvgIpc) is 3.26. The first-order valence-corrected chi connectivity index (χ1v) is 7.89. The minimum atomic E-state index is -0.923. The molecule has 3 aromatic rings. The highest BCUT2D eigenvalue weighted by atomic mass is 16.5. The molecule has 2 aromatic carbocycles. The molecule has 0 saturated heterocycles. The summed E-state index contributed by atoms with van der Waals surface area (Å²) < 4.78 is 7.19. The number of benzene rings is 2. The Morgan fingerprint density at radius 3 is 2.62 bits per heavy atom. The molecular weight excluding hydrogens is 301 g/mol. The maximum Gasteiger partial charge on any atom is 0.491 e. The van der Waals surface area contributed by atoms with E-state index in [-0.39, 0.29) is 5.78 Å². The van der Waals surface area contributed by atoms with Crippen molar-refractivity contribution in [3.63, 3.8) is 0 Å². The molecule has 4 nitrogen and oxygen atoms in total. The zero-order valence-electron chi connectivity index (χ0n) is 13.1. The van der Waals surface area contributed by atoms with Crippen LogP contribution in [-0.2, 0) is 17.7 Å². The van der Waals surface area contributed by atoms with Crippen LogP contribution in [0.3, 0.4) is 0 Å². The molecule has 0 fully saturated rings. The van der Waals surface area contributed by atoms with Crippen LogP contribution in [0, 0.1) is 0 Å². The molecule has 5 heteroatoms. The SMILES string of the molecule is O=C(Cc1ccc(-n2cccc2)cc1)c1ccc2c(c1)B(O)OC2. The summed E-state index contributed by atoms with van der Waals surface area (Å²) in [7, 11) is -0.923. The number of ketones is 1. The number of fused-ring (bicyclic) bond motifs is 1. The number of nitrogens with zero attached hydrogens (tertiary/aromatic N) is 1. The number of Topliss-reactive ketones (excluding diaryl/α,β-unsaturated/α-hetero) is 1. The van der Waals surface area contributed by atoms with Gasteiger partial charge >= 0.3 is 7.12 Å². The van der Waals surface area contributed by atoms with Crippen LogP contribution in [0.2, 0.25) is 0 Å². The van der Waals surface area contributed by atoms with Crippen LogP contribution in [0.4, 0.5) is 0 Å². The van der Waals surface area contributed by atoms with Crippen LogP contribution in [0.25, 0.3) is 5.69 Å². The summed E-state index contributed by atoms with van der Waals surface area (Å²) in [6.07, 6.45) is 4.30. The molecule has 0 aliphatic carbocycles. The summed E-state index contributed by atoms with van der Waals surface area (Å²) in [4.78, 5) is 12.5. The summed E-state index contributed by atoms with van der Waals surface area (Å²) in [5.74, 6) is 0.0330. The summed E-state index contributed by atoms with van der Waals surface area (Å²) in [5, 5.41) is 9.76. The van der Waals surface area contributed by atoms with Crippen LogP contribution in [0.1, 0.15) is 21.5 Å². The van der Waals surface area contributed by atoms with Crippen LogP contribution >= 0.6 is 0 Å². The third-order valence-corrected chi connectivity index (χ3v) is 4.33. The fourth-order valence-electron chi connectivity index (χ4n) is 2.97. The quantitative estimate of drug-likeness (QED) is 0.592. The molecule has 0 bridgehead atoms. The van der Waals surface area contributed by atoms with E-state index < -0.39 is 7.12 Å². The lowest BCUT2D eigenvalue weighted by Crippen LogP contribution is -2.28. The zero-order chi connectivity index (χ0) is 16.5. The summed E-state index contributed by atoms with van der Waals surface area (Å²) in [6.45, 7) is 0.395. The van der Waals surface area contributed by atoms with E-state index in [2.05, 4.69) is 0 Å². The van der Waals surface area contributed by atoms with E-state index in [1.165, 1.54) is 0 Å². The van der Waals surface area contributed by atoms with Gasteiger partial charge in [-0.3, -0.25) is 4.79 Å². The van der Waals surface area contributed by atoms with Crippen LogP contribution < -0.4 is 5.46 Å². The van der Waals surface area contributed by atoms with Gasteiger partial charge in [0, 0.05) is 30.1 Å². The van der Waals surface area contributed by atoms with Crippen LogP contribution in [0.15, 0.2) is 67.0 Å². The van der Waals surface area contributed by atoms with Gasteiger partial charge in [0.15, 0.2) is 5.78 Å². The number of carbonyl (C=O) groups excluding carboxylic acids is 1. The van der Waals surface area contributed by atoms with Gasteiger partial charge in [-0.1, -0.05) is 30.3 Å². The number of hydrogen-bond donors (Lipinski definition) is 1. The van der Waals surface area contributed by atoms with Gasteiger partial charge in [0.2, 0.25) is 0 Å². The van der Waals surface area contributed by atoms with Crippen LogP contribution in [-0.4, -0.2) is 22.5 Å². The predicted molar refractivity (Wildman–Crippen MR) is 92.6 cm³/mol. The van der Waals surface area contributed by atoms with Gasteiger partial charge in [-0.25, -0.2) is 0 Å². The molecule has 0 atom stereocenters. The highest BCUT2D eigenvalue weighted by Gasteiger charge is 2.27. The largest absolute Gasteiger partial charge is 0.491 e. The first-order valence-electron chi connectivity index (χ1n) is 7.89. The fraction of sp³-hybridized carbons (Fsp3) is 0.105. The first kappa shape index (κ1) is 14.9. The highest BCUT2D eigenvalue weighted by molar-refractivity contribution is 6.61. The Bertz CT molecular complexity index is 872. The van der Waals surface area contributed by atoms with Crippen molar-refractivity contribution in [1.82, 2.24) is 4.57 Å². The molecular formula is C19H16BNO3. The van der Waals surface area contributed by atoms with Crippen molar-refractivity contribution >= 4 is 18.4 Å². The molecule has 118 valence electrons. The van der Waals surface area contributed by atoms with Gasteiger partial charge in [0.05, 0.1) is 6.61 Å². The Morgan fingerprint density at radius 2 is 1.88 bits per heavy atom. The molecule has 1 aromatic heterocycles. The monoisotopic (exact) mass is 317 g/mol. The second-order valence-electron chi connectivity index (χ2n) is 5.93. The minimum Gasteiger partial charge on any atom is -0.423 e. The van der Waals surface area contributed by atoms with Gasteiger partial charge in [-0.15, -0.1) is 0 Å². The Morgan fingerprint density at radius 1 is 1.12 bits per heavy atom. The van der Waals surface area contributed by atoms with E-state index in [0.29, 0.717) is 24.1 Å². The van der Waals surface area contributed by atoms with Gasteiger partial charge in [0.25, 0.3) is 0 Å². The lowest BCUT2D eigenvalue weighted by molar-refractivity contribution is 0.0993. The summed E-state index contributed by atoms with van der Waals surface area (Å²) in [6, 6.07) is 17.3. The van der Waals surface area contributed by atoms with E-state index in [0.717, 1.165) is 16.8 Å². The summed E-state index contributed by atoms with van der Waals surface area (Å²) >= 11 is 0. The molecule has 0 radical (unpaired) electrons. The predicted octanol–water partition coefficient (Wildman–Crippen LogP) is 2.12. The summed E-state index contributed by atoms with van der Waals surface area (Å²) in [5.41, 5.74) is 4.27. The Hall–Kier alpha value is -2.63. The molecule has 24 heavy (non-hydrogen) atoms. The number of aromatic nitrogens is 1. The Labute approximate surface area is 140 Å². The second kappa shape index (κ2) is 6.11. The van der Waals surface area contributed by atoms with Crippen molar-refractivity contribution in [3.05, 3.63) is 83.7 Å². The molecule has 0 spiro atoms. The molecule has 1 aliphatic rings. The second-order valence-corrected chi connectivity index (χ2v) is 5.93. The number of hydrogen-bond acceptors (Lipinski definition) is 3. The zero-order valence-corrected chi connectivity index (χ0v) is 13.1. The lowest BCUT2D eigenvalue weighted by atomic mass is 9.78. The molecule has 4 rings (SSSR count). The van der Waals surface area contributed by atoms with E-state index in [1.807, 2.05) is 59.4 Å².